The smallest absolute Gasteiger partial charge is 0.229 e. The molecule has 0 aliphatic carbocycles. The van der Waals surface area contributed by atoms with Gasteiger partial charge in [0.1, 0.15) is 5.82 Å². The molecule has 136 valence electrons. The minimum atomic E-state index is -0.327. The van der Waals surface area contributed by atoms with Gasteiger partial charge in [0.05, 0.1) is 29.2 Å². The van der Waals surface area contributed by atoms with Crippen LogP contribution in [0.4, 0.5) is 4.39 Å². The maximum atomic E-state index is 13.2. The molecular weight excluding hydrogens is 363 g/mol. The number of rotatable bonds is 3. The minimum absolute atomic E-state index is 0.0123. The zero-order valence-corrected chi connectivity index (χ0v) is 15.3. The molecule has 1 aromatic carbocycles. The number of allylic oxidation sites excluding steroid dienone is 1. The van der Waals surface area contributed by atoms with Crippen molar-refractivity contribution >= 4 is 17.7 Å². The third-order valence-corrected chi connectivity index (χ3v) is 5.96. The van der Waals surface area contributed by atoms with Crippen LogP contribution in [0, 0.1) is 17.1 Å². The Kier molecular flexibility index (Phi) is 4.92. The summed E-state index contributed by atoms with van der Waals surface area (Å²) in [7, 11) is 0. The lowest BCUT2D eigenvalue weighted by Gasteiger charge is -2.41. The van der Waals surface area contributed by atoms with Crippen molar-refractivity contribution in [3.8, 4) is 6.07 Å². The maximum Gasteiger partial charge on any atom is 0.229 e. The van der Waals surface area contributed by atoms with Gasteiger partial charge in [0.25, 0.3) is 0 Å². The minimum Gasteiger partial charge on any atom is -0.292 e. The maximum absolute atomic E-state index is 13.2. The van der Waals surface area contributed by atoms with Crippen molar-refractivity contribution in [2.45, 2.75) is 18.9 Å². The van der Waals surface area contributed by atoms with Gasteiger partial charge in [-0.05, 0) is 29.3 Å². The molecule has 0 spiro atoms. The second kappa shape index (κ2) is 7.51. The van der Waals surface area contributed by atoms with E-state index in [4.69, 9.17) is 0 Å². The molecule has 2 aliphatic rings. The summed E-state index contributed by atoms with van der Waals surface area (Å²) in [6.07, 6.45) is 3.77. The predicted molar refractivity (Wildman–Crippen MR) is 100 cm³/mol. The molecular formula is C20H17FN4OS. The lowest BCUT2D eigenvalue weighted by molar-refractivity contribution is -0.131. The zero-order valence-electron chi connectivity index (χ0n) is 14.5. The number of fused-ring (bicyclic) bond motifs is 1. The molecule has 7 heteroatoms. The molecule has 2 aromatic rings. The fraction of sp³-hybridized carbons (Fsp3) is 0.250. The summed E-state index contributed by atoms with van der Waals surface area (Å²) in [6, 6.07) is 12.2. The lowest BCUT2D eigenvalue weighted by atomic mass is 9.86. The van der Waals surface area contributed by atoms with E-state index in [1.807, 2.05) is 18.3 Å². The van der Waals surface area contributed by atoms with Crippen LogP contribution in [-0.2, 0) is 11.3 Å². The first-order chi connectivity index (χ1) is 13.2. The van der Waals surface area contributed by atoms with Gasteiger partial charge < -0.3 is 0 Å². The van der Waals surface area contributed by atoms with Crippen molar-refractivity contribution in [1.29, 1.82) is 5.26 Å². The van der Waals surface area contributed by atoms with Crippen LogP contribution < -0.4 is 0 Å². The standard InChI is InChI=1S/C20H17FN4OS/c21-16-5-3-15(4-6-16)17-8-19(26)25-12-24(11-14-2-1-7-23-10-14)13-27-20(25)18(17)9-22/h1-7,10,17H,8,11-13H2/t17-/m0/s1. The number of halogens is 1. The summed E-state index contributed by atoms with van der Waals surface area (Å²) in [5.41, 5.74) is 2.47. The number of carbonyl (C=O) groups is 1. The van der Waals surface area contributed by atoms with Crippen molar-refractivity contribution in [2.24, 2.45) is 0 Å². The normalized spacial score (nSPS) is 20.4. The van der Waals surface area contributed by atoms with Gasteiger partial charge in [0.2, 0.25) is 5.91 Å². The highest BCUT2D eigenvalue weighted by Crippen LogP contribution is 2.42. The van der Waals surface area contributed by atoms with E-state index in [1.165, 1.54) is 23.9 Å². The van der Waals surface area contributed by atoms with Crippen LogP contribution in [0.1, 0.15) is 23.5 Å². The fourth-order valence-electron chi connectivity index (χ4n) is 3.44. The average molecular weight is 380 g/mol. The molecule has 5 nitrogen and oxygen atoms in total. The van der Waals surface area contributed by atoms with E-state index in [9.17, 15) is 14.4 Å². The monoisotopic (exact) mass is 380 g/mol. The van der Waals surface area contributed by atoms with Gasteiger partial charge in [-0.25, -0.2) is 4.39 Å². The second-order valence-corrected chi connectivity index (χ2v) is 7.50. The molecule has 1 saturated heterocycles. The first-order valence-electron chi connectivity index (χ1n) is 8.60. The van der Waals surface area contributed by atoms with E-state index < -0.39 is 0 Å². The average Bonchev–Trinajstić information content (AvgIpc) is 2.69. The van der Waals surface area contributed by atoms with Gasteiger partial charge in [0.15, 0.2) is 0 Å². The molecule has 0 bridgehead atoms. The van der Waals surface area contributed by atoms with Gasteiger partial charge in [-0.3, -0.25) is 19.6 Å². The van der Waals surface area contributed by atoms with E-state index in [0.29, 0.717) is 24.7 Å². The molecule has 0 saturated carbocycles. The Hall–Kier alpha value is -2.69. The Balaban J connectivity index is 1.59. The number of hydrogen-bond acceptors (Lipinski definition) is 5. The van der Waals surface area contributed by atoms with Gasteiger partial charge >= 0.3 is 0 Å². The molecule has 1 fully saturated rings. The number of hydrogen-bond donors (Lipinski definition) is 0. The summed E-state index contributed by atoms with van der Waals surface area (Å²) < 4.78 is 13.2. The van der Waals surface area contributed by atoms with Crippen LogP contribution in [0.25, 0.3) is 0 Å². The SMILES string of the molecule is N#CC1=C2SCN(Cc3cccnc3)CN2C(=O)C[C@H]1c1ccc(F)cc1. The molecule has 27 heavy (non-hydrogen) atoms. The summed E-state index contributed by atoms with van der Waals surface area (Å²) in [4.78, 5) is 20.8. The van der Waals surface area contributed by atoms with Gasteiger partial charge in [-0.1, -0.05) is 30.0 Å². The Labute approximate surface area is 161 Å². The molecule has 1 atom stereocenters. The van der Waals surface area contributed by atoms with Crippen molar-refractivity contribution in [1.82, 2.24) is 14.8 Å². The van der Waals surface area contributed by atoms with Crippen molar-refractivity contribution in [3.05, 3.63) is 76.3 Å². The Bertz CT molecular complexity index is 923. The van der Waals surface area contributed by atoms with Crippen LogP contribution in [0.3, 0.4) is 0 Å². The number of nitrogens with zero attached hydrogens (tertiary/aromatic N) is 4. The third kappa shape index (κ3) is 3.59. The quantitative estimate of drug-likeness (QED) is 0.816. The summed E-state index contributed by atoms with van der Waals surface area (Å²) >= 11 is 1.51. The van der Waals surface area contributed by atoms with Crippen molar-refractivity contribution in [2.75, 3.05) is 12.5 Å². The first-order valence-corrected chi connectivity index (χ1v) is 9.58. The van der Waals surface area contributed by atoms with Gasteiger partial charge in [0, 0.05) is 31.3 Å². The first kappa shape index (κ1) is 17.7. The number of aromatic nitrogens is 1. The van der Waals surface area contributed by atoms with Crippen molar-refractivity contribution in [3.63, 3.8) is 0 Å². The van der Waals surface area contributed by atoms with E-state index in [0.717, 1.165) is 16.2 Å². The topological polar surface area (TPSA) is 60.2 Å². The summed E-state index contributed by atoms with van der Waals surface area (Å²) in [6.45, 7) is 1.15. The van der Waals surface area contributed by atoms with Crippen LogP contribution in [0.2, 0.25) is 0 Å². The molecule has 0 N–H and O–H groups in total. The van der Waals surface area contributed by atoms with Crippen LogP contribution in [0.15, 0.2) is 59.4 Å². The lowest BCUT2D eigenvalue weighted by Crippen LogP contribution is -2.46. The molecule has 0 unspecified atom stereocenters. The van der Waals surface area contributed by atoms with E-state index in [-0.39, 0.29) is 24.1 Å². The third-order valence-electron chi connectivity index (χ3n) is 4.75. The zero-order chi connectivity index (χ0) is 18.8. The number of carbonyl (C=O) groups excluding carboxylic acids is 1. The highest BCUT2D eigenvalue weighted by molar-refractivity contribution is 8.03. The molecule has 3 heterocycles. The number of benzene rings is 1. The number of nitriles is 1. The molecule has 1 amide bonds. The van der Waals surface area contributed by atoms with E-state index >= 15 is 0 Å². The predicted octanol–water partition coefficient (Wildman–Crippen LogP) is 3.44. The number of thioether (sulfide) groups is 1. The van der Waals surface area contributed by atoms with Crippen LogP contribution in [0.5, 0.6) is 0 Å². The van der Waals surface area contributed by atoms with Crippen LogP contribution >= 0.6 is 11.8 Å². The van der Waals surface area contributed by atoms with E-state index in [1.54, 1.807) is 23.2 Å². The molecule has 0 radical (unpaired) electrons. The molecule has 4 rings (SSSR count). The van der Waals surface area contributed by atoms with Gasteiger partial charge in [-0.2, -0.15) is 5.26 Å². The van der Waals surface area contributed by atoms with E-state index in [2.05, 4.69) is 16.0 Å². The Morgan fingerprint density at radius 2 is 2.11 bits per heavy atom. The molecule has 1 aromatic heterocycles. The van der Waals surface area contributed by atoms with Gasteiger partial charge in [-0.15, -0.1) is 0 Å². The van der Waals surface area contributed by atoms with Crippen molar-refractivity contribution < 1.29 is 9.18 Å². The summed E-state index contributed by atoms with van der Waals surface area (Å²) in [5, 5.41) is 10.5. The highest BCUT2D eigenvalue weighted by Gasteiger charge is 2.38. The number of amides is 1. The largest absolute Gasteiger partial charge is 0.292 e. The molecule has 2 aliphatic heterocycles. The van der Waals surface area contributed by atoms with Crippen LogP contribution in [-0.4, -0.2) is 33.2 Å². The fourth-order valence-corrected chi connectivity index (χ4v) is 4.57. The second-order valence-electron chi connectivity index (χ2n) is 6.57. The summed E-state index contributed by atoms with van der Waals surface area (Å²) in [5.74, 6) is 0.0372. The Morgan fingerprint density at radius 1 is 1.30 bits per heavy atom. The Morgan fingerprint density at radius 3 is 2.81 bits per heavy atom. The number of pyridine rings is 1. The highest BCUT2D eigenvalue weighted by atomic mass is 32.2.